The summed E-state index contributed by atoms with van der Waals surface area (Å²) in [5.41, 5.74) is 1.76. The molecule has 6 heteroatoms. The SMILES string of the molecule is O=C1OC(c2cccc(Cl)c2)=NC1=Cc1ccc(-c2ccc(Br)cc2)o1. The number of esters is 1. The highest BCUT2D eigenvalue weighted by Crippen LogP contribution is 2.26. The summed E-state index contributed by atoms with van der Waals surface area (Å²) in [5, 5.41) is 0.545. The molecule has 0 atom stereocenters. The fraction of sp³-hybridized carbons (Fsp3) is 0. The molecular formula is C20H11BrClNO3. The fourth-order valence-electron chi connectivity index (χ4n) is 2.49. The predicted molar refractivity (Wildman–Crippen MR) is 104 cm³/mol. The number of benzene rings is 2. The Kier molecular flexibility index (Phi) is 4.49. The van der Waals surface area contributed by atoms with Crippen molar-refractivity contribution in [1.29, 1.82) is 0 Å². The first-order chi connectivity index (χ1) is 12.6. The molecule has 0 saturated heterocycles. The van der Waals surface area contributed by atoms with E-state index in [1.807, 2.05) is 30.3 Å². The van der Waals surface area contributed by atoms with Gasteiger partial charge in [0.05, 0.1) is 0 Å². The van der Waals surface area contributed by atoms with E-state index in [-0.39, 0.29) is 11.6 Å². The van der Waals surface area contributed by atoms with Crippen LogP contribution in [-0.2, 0) is 9.53 Å². The number of aliphatic imine (C=N–C) groups is 1. The quantitative estimate of drug-likeness (QED) is 0.397. The lowest BCUT2D eigenvalue weighted by Gasteiger charge is -1.98. The monoisotopic (exact) mass is 427 g/mol. The fourth-order valence-corrected chi connectivity index (χ4v) is 2.94. The molecule has 1 aliphatic heterocycles. The molecule has 0 radical (unpaired) electrons. The van der Waals surface area contributed by atoms with Gasteiger partial charge in [-0.3, -0.25) is 0 Å². The number of nitrogens with zero attached hydrogens (tertiary/aromatic N) is 1. The van der Waals surface area contributed by atoms with Crippen molar-refractivity contribution in [1.82, 2.24) is 0 Å². The van der Waals surface area contributed by atoms with Crippen LogP contribution in [0.4, 0.5) is 0 Å². The van der Waals surface area contributed by atoms with E-state index in [0.29, 0.717) is 22.1 Å². The van der Waals surface area contributed by atoms with E-state index in [9.17, 15) is 4.79 Å². The van der Waals surface area contributed by atoms with Gasteiger partial charge in [-0.05, 0) is 42.5 Å². The van der Waals surface area contributed by atoms with Crippen LogP contribution >= 0.6 is 27.5 Å². The Bertz CT molecular complexity index is 1050. The van der Waals surface area contributed by atoms with Gasteiger partial charge in [0, 0.05) is 26.7 Å². The van der Waals surface area contributed by atoms with Crippen LogP contribution < -0.4 is 0 Å². The predicted octanol–water partition coefficient (Wildman–Crippen LogP) is 5.71. The maximum absolute atomic E-state index is 12.1. The van der Waals surface area contributed by atoms with Gasteiger partial charge in [-0.25, -0.2) is 9.79 Å². The topological polar surface area (TPSA) is 51.8 Å². The zero-order valence-electron chi connectivity index (χ0n) is 13.3. The Labute approximate surface area is 162 Å². The third-order valence-electron chi connectivity index (χ3n) is 3.73. The summed E-state index contributed by atoms with van der Waals surface area (Å²) < 4.78 is 12.0. The van der Waals surface area contributed by atoms with Crippen molar-refractivity contribution < 1.29 is 13.9 Å². The Balaban J connectivity index is 1.62. The van der Waals surface area contributed by atoms with E-state index in [4.69, 9.17) is 20.8 Å². The van der Waals surface area contributed by atoms with Gasteiger partial charge in [-0.1, -0.05) is 45.7 Å². The maximum atomic E-state index is 12.1. The first-order valence-corrected chi connectivity index (χ1v) is 8.90. The van der Waals surface area contributed by atoms with Gasteiger partial charge in [-0.2, -0.15) is 0 Å². The zero-order chi connectivity index (χ0) is 18.1. The molecular weight excluding hydrogens is 418 g/mol. The van der Waals surface area contributed by atoms with E-state index in [1.165, 1.54) is 0 Å². The van der Waals surface area contributed by atoms with Crippen molar-refractivity contribution >= 4 is 45.5 Å². The van der Waals surface area contributed by atoms with Crippen molar-refractivity contribution in [2.24, 2.45) is 4.99 Å². The third kappa shape index (κ3) is 3.49. The molecule has 1 aromatic heterocycles. The second kappa shape index (κ2) is 6.94. The first-order valence-electron chi connectivity index (χ1n) is 7.73. The molecule has 3 aromatic rings. The van der Waals surface area contributed by atoms with Crippen molar-refractivity contribution in [2.75, 3.05) is 0 Å². The molecule has 1 aliphatic rings. The van der Waals surface area contributed by atoms with Crippen LogP contribution in [0.15, 0.2) is 80.2 Å². The average molecular weight is 429 g/mol. The van der Waals surface area contributed by atoms with Gasteiger partial charge in [0.2, 0.25) is 5.90 Å². The summed E-state index contributed by atoms with van der Waals surface area (Å²) >= 11 is 9.37. The number of carbonyl (C=O) groups is 1. The van der Waals surface area contributed by atoms with Gasteiger partial charge in [0.25, 0.3) is 0 Å². The maximum Gasteiger partial charge on any atom is 0.363 e. The van der Waals surface area contributed by atoms with Gasteiger partial charge in [0.1, 0.15) is 11.5 Å². The lowest BCUT2D eigenvalue weighted by atomic mass is 10.2. The molecule has 0 spiro atoms. The smallest absolute Gasteiger partial charge is 0.363 e. The van der Waals surface area contributed by atoms with Crippen molar-refractivity contribution in [3.63, 3.8) is 0 Å². The molecule has 0 N–H and O–H groups in total. The molecule has 2 aromatic carbocycles. The van der Waals surface area contributed by atoms with Gasteiger partial charge in [0.15, 0.2) is 5.70 Å². The van der Waals surface area contributed by atoms with Crippen LogP contribution in [0.2, 0.25) is 5.02 Å². The van der Waals surface area contributed by atoms with Crippen LogP contribution in [0, 0.1) is 0 Å². The van der Waals surface area contributed by atoms with Crippen LogP contribution in [0.25, 0.3) is 17.4 Å². The number of hydrogen-bond acceptors (Lipinski definition) is 4. The van der Waals surface area contributed by atoms with E-state index < -0.39 is 5.97 Å². The van der Waals surface area contributed by atoms with E-state index in [1.54, 1.807) is 36.4 Å². The second-order valence-electron chi connectivity index (χ2n) is 5.56. The summed E-state index contributed by atoms with van der Waals surface area (Å²) in [6.07, 6.45) is 1.56. The highest BCUT2D eigenvalue weighted by molar-refractivity contribution is 9.10. The van der Waals surface area contributed by atoms with Crippen LogP contribution in [-0.4, -0.2) is 11.9 Å². The molecule has 0 unspecified atom stereocenters. The molecule has 2 heterocycles. The van der Waals surface area contributed by atoms with Crippen molar-refractivity contribution in [3.05, 3.63) is 87.2 Å². The Morgan fingerprint density at radius 1 is 1.00 bits per heavy atom. The highest BCUT2D eigenvalue weighted by atomic mass is 79.9. The van der Waals surface area contributed by atoms with Crippen molar-refractivity contribution in [3.8, 4) is 11.3 Å². The number of cyclic esters (lactones) is 1. The molecule has 0 saturated carbocycles. The Morgan fingerprint density at radius 2 is 1.81 bits per heavy atom. The minimum atomic E-state index is -0.526. The molecule has 0 bridgehead atoms. The van der Waals surface area contributed by atoms with E-state index in [2.05, 4.69) is 20.9 Å². The highest BCUT2D eigenvalue weighted by Gasteiger charge is 2.24. The van der Waals surface area contributed by atoms with Crippen LogP contribution in [0.5, 0.6) is 0 Å². The van der Waals surface area contributed by atoms with Gasteiger partial charge >= 0.3 is 5.97 Å². The third-order valence-corrected chi connectivity index (χ3v) is 4.49. The minimum absolute atomic E-state index is 0.177. The summed E-state index contributed by atoms with van der Waals surface area (Å²) in [5.74, 6) is 0.922. The Morgan fingerprint density at radius 3 is 2.58 bits per heavy atom. The molecule has 0 fully saturated rings. The normalized spacial score (nSPS) is 15.2. The number of ether oxygens (including phenoxy) is 1. The van der Waals surface area contributed by atoms with Crippen LogP contribution in [0.1, 0.15) is 11.3 Å². The molecule has 26 heavy (non-hydrogen) atoms. The number of rotatable bonds is 3. The van der Waals surface area contributed by atoms with E-state index >= 15 is 0 Å². The van der Waals surface area contributed by atoms with Gasteiger partial charge in [-0.15, -0.1) is 0 Å². The lowest BCUT2D eigenvalue weighted by molar-refractivity contribution is -0.129. The summed E-state index contributed by atoms with van der Waals surface area (Å²) in [4.78, 5) is 16.3. The molecule has 4 rings (SSSR count). The van der Waals surface area contributed by atoms with Crippen molar-refractivity contribution in [2.45, 2.75) is 0 Å². The molecule has 0 amide bonds. The van der Waals surface area contributed by atoms with Gasteiger partial charge < -0.3 is 9.15 Å². The summed E-state index contributed by atoms with van der Waals surface area (Å²) in [6, 6.07) is 18.4. The lowest BCUT2D eigenvalue weighted by Crippen LogP contribution is -2.05. The molecule has 128 valence electrons. The number of carbonyl (C=O) groups excluding carboxylic acids is 1. The zero-order valence-corrected chi connectivity index (χ0v) is 15.6. The second-order valence-corrected chi connectivity index (χ2v) is 6.91. The number of halogens is 2. The molecule has 4 nitrogen and oxygen atoms in total. The standard InChI is InChI=1S/C20H11BrClNO3/c21-14-6-4-12(5-7-14)18-9-8-16(25-18)11-17-20(24)26-19(23-17)13-2-1-3-15(22)10-13/h1-11H. The molecule has 0 aliphatic carbocycles. The summed E-state index contributed by atoms with van der Waals surface area (Å²) in [7, 11) is 0. The average Bonchev–Trinajstić information content (AvgIpc) is 3.23. The minimum Gasteiger partial charge on any atom is -0.457 e. The summed E-state index contributed by atoms with van der Waals surface area (Å²) in [6.45, 7) is 0. The van der Waals surface area contributed by atoms with Crippen LogP contribution in [0.3, 0.4) is 0 Å². The Hall–Kier alpha value is -2.63. The first kappa shape index (κ1) is 16.8. The number of furan rings is 1. The number of hydrogen-bond donors (Lipinski definition) is 0. The largest absolute Gasteiger partial charge is 0.457 e. The van der Waals surface area contributed by atoms with E-state index in [0.717, 1.165) is 10.0 Å².